The quantitative estimate of drug-likeness (QED) is 0.132. The Hall–Kier alpha value is -1.10. The van der Waals surface area contributed by atoms with Gasteiger partial charge in [0.25, 0.3) is 0 Å². The molecule has 178 valence electrons. The summed E-state index contributed by atoms with van der Waals surface area (Å²) in [5, 5.41) is 8.77. The molecule has 0 spiro atoms. The zero-order valence-corrected chi connectivity index (χ0v) is 20.4. The Labute approximate surface area is 186 Å². The molecule has 0 fully saturated rings. The van der Waals surface area contributed by atoms with Gasteiger partial charge in [0.05, 0.1) is 20.6 Å². The number of ether oxygens (including phenoxy) is 1. The number of esters is 1. The van der Waals surface area contributed by atoms with Crippen LogP contribution in [0.3, 0.4) is 0 Å². The summed E-state index contributed by atoms with van der Waals surface area (Å²) in [6.45, 7) is 5.45. The summed E-state index contributed by atoms with van der Waals surface area (Å²) >= 11 is 0. The molecular formula is C25H50NO4+. The lowest BCUT2D eigenvalue weighted by Crippen LogP contribution is -2.47. The van der Waals surface area contributed by atoms with Crippen LogP contribution in [0.5, 0.6) is 0 Å². The van der Waals surface area contributed by atoms with E-state index in [-0.39, 0.29) is 18.5 Å². The Morgan fingerprint density at radius 1 is 0.800 bits per heavy atom. The van der Waals surface area contributed by atoms with Gasteiger partial charge in [0, 0.05) is 13.3 Å². The molecular weight excluding hydrogens is 378 g/mol. The van der Waals surface area contributed by atoms with Gasteiger partial charge in [0.15, 0.2) is 6.10 Å². The number of hydrogen-bond acceptors (Lipinski definition) is 3. The molecule has 0 saturated heterocycles. The van der Waals surface area contributed by atoms with Gasteiger partial charge in [0.2, 0.25) is 0 Å². The van der Waals surface area contributed by atoms with Gasteiger partial charge >= 0.3 is 11.9 Å². The summed E-state index contributed by atoms with van der Waals surface area (Å²) in [5.41, 5.74) is 0. The summed E-state index contributed by atoms with van der Waals surface area (Å²) in [6.07, 6.45) is 18.6. The summed E-state index contributed by atoms with van der Waals surface area (Å²) < 4.78 is 6.34. The number of unbranched alkanes of at least 4 members (excludes halogenated alkanes) is 12. The molecule has 0 saturated carbocycles. The summed E-state index contributed by atoms with van der Waals surface area (Å²) in [5.74, 6) is -0.935. The van der Waals surface area contributed by atoms with Crippen LogP contribution in [-0.2, 0) is 14.3 Å². The average molecular weight is 429 g/mol. The monoisotopic (exact) mass is 428 g/mol. The van der Waals surface area contributed by atoms with Crippen LogP contribution in [0.15, 0.2) is 0 Å². The summed E-state index contributed by atoms with van der Waals surface area (Å²) in [4.78, 5) is 22.2. The molecule has 1 N–H and O–H groups in total. The second-order valence-corrected chi connectivity index (χ2v) is 9.60. The van der Waals surface area contributed by atoms with E-state index in [9.17, 15) is 9.59 Å². The first-order valence-electron chi connectivity index (χ1n) is 12.5. The zero-order valence-electron chi connectivity index (χ0n) is 20.4. The smallest absolute Gasteiger partial charge is 0.303 e. The number of rotatable bonds is 21. The highest BCUT2D eigenvalue weighted by molar-refractivity contribution is 5.66. The minimum atomic E-state index is -0.731. The molecule has 5 nitrogen and oxygen atoms in total. The van der Waals surface area contributed by atoms with Crippen molar-refractivity contribution in [3.05, 3.63) is 0 Å². The van der Waals surface area contributed by atoms with Gasteiger partial charge in [-0.15, -0.1) is 0 Å². The molecule has 0 aliphatic carbocycles. The normalized spacial score (nSPS) is 12.7. The number of carbonyl (C=O) groups excluding carboxylic acids is 1. The van der Waals surface area contributed by atoms with Crippen molar-refractivity contribution < 1.29 is 23.9 Å². The third-order valence-electron chi connectivity index (χ3n) is 5.81. The molecule has 0 rings (SSSR count). The third kappa shape index (κ3) is 20.2. The van der Waals surface area contributed by atoms with E-state index >= 15 is 0 Å². The molecule has 0 aliphatic rings. The molecule has 0 aliphatic heterocycles. The molecule has 5 heteroatoms. The number of nitrogens with zero attached hydrogens (tertiary/aromatic N) is 1. The molecule has 0 heterocycles. The van der Waals surface area contributed by atoms with Gasteiger partial charge in [-0.05, 0) is 25.7 Å². The summed E-state index contributed by atoms with van der Waals surface area (Å²) in [7, 11) is 4.28. The Bertz CT molecular complexity index is 437. The SMILES string of the molecule is CCCCCCCCCCCCCCC(C[N+](C)(C)CCCCC(=O)O)OC(C)=O. The zero-order chi connectivity index (χ0) is 22.7. The van der Waals surface area contributed by atoms with E-state index in [4.69, 9.17) is 9.84 Å². The van der Waals surface area contributed by atoms with Crippen molar-refractivity contribution >= 4 is 11.9 Å². The molecule has 0 aromatic carbocycles. The number of likely N-dealkylation sites (N-methyl/N-ethyl adjacent to an activating group) is 1. The van der Waals surface area contributed by atoms with Gasteiger partial charge in [-0.2, -0.15) is 0 Å². The van der Waals surface area contributed by atoms with E-state index in [1.54, 1.807) is 0 Å². The highest BCUT2D eigenvalue weighted by atomic mass is 16.5. The van der Waals surface area contributed by atoms with E-state index in [2.05, 4.69) is 21.0 Å². The van der Waals surface area contributed by atoms with E-state index in [1.165, 1.54) is 77.6 Å². The van der Waals surface area contributed by atoms with Crippen LogP contribution in [0.25, 0.3) is 0 Å². The van der Waals surface area contributed by atoms with Gasteiger partial charge in [-0.3, -0.25) is 9.59 Å². The van der Waals surface area contributed by atoms with Crippen LogP contribution >= 0.6 is 0 Å². The van der Waals surface area contributed by atoms with Crippen LogP contribution in [0.4, 0.5) is 0 Å². The minimum absolute atomic E-state index is 0.0416. The number of hydrogen-bond donors (Lipinski definition) is 1. The van der Waals surface area contributed by atoms with Crippen LogP contribution in [0, 0.1) is 0 Å². The Balaban J connectivity index is 3.90. The lowest BCUT2D eigenvalue weighted by atomic mass is 10.0. The van der Waals surface area contributed by atoms with Crippen molar-refractivity contribution in [3.63, 3.8) is 0 Å². The largest absolute Gasteiger partial charge is 0.481 e. The van der Waals surface area contributed by atoms with Crippen molar-refractivity contribution in [1.29, 1.82) is 0 Å². The van der Waals surface area contributed by atoms with Gasteiger partial charge in [-0.1, -0.05) is 77.6 Å². The van der Waals surface area contributed by atoms with E-state index < -0.39 is 5.97 Å². The number of carbonyl (C=O) groups is 2. The first kappa shape index (κ1) is 28.9. The fourth-order valence-corrected chi connectivity index (χ4v) is 4.09. The van der Waals surface area contributed by atoms with Gasteiger partial charge in [0.1, 0.15) is 6.54 Å². The Morgan fingerprint density at radius 2 is 1.30 bits per heavy atom. The number of carboxylic acid groups (broad SMARTS) is 1. The van der Waals surface area contributed by atoms with E-state index in [1.807, 2.05) is 0 Å². The lowest BCUT2D eigenvalue weighted by molar-refractivity contribution is -0.893. The number of aliphatic carboxylic acids is 1. The van der Waals surface area contributed by atoms with Crippen LogP contribution in [0.1, 0.15) is 117 Å². The highest BCUT2D eigenvalue weighted by Crippen LogP contribution is 2.16. The fraction of sp³-hybridized carbons (Fsp3) is 0.920. The van der Waals surface area contributed by atoms with Crippen LogP contribution in [0.2, 0.25) is 0 Å². The van der Waals surface area contributed by atoms with Crippen molar-refractivity contribution in [2.24, 2.45) is 0 Å². The maximum atomic E-state index is 11.5. The van der Waals surface area contributed by atoms with Gasteiger partial charge < -0.3 is 14.3 Å². The molecule has 0 bridgehead atoms. The van der Waals surface area contributed by atoms with Crippen LogP contribution in [-0.4, -0.2) is 54.8 Å². The first-order chi connectivity index (χ1) is 14.3. The summed E-state index contributed by atoms with van der Waals surface area (Å²) in [6, 6.07) is 0. The number of quaternary nitrogens is 1. The lowest BCUT2D eigenvalue weighted by Gasteiger charge is -2.33. The first-order valence-corrected chi connectivity index (χ1v) is 12.5. The average Bonchev–Trinajstić information content (AvgIpc) is 2.65. The molecule has 0 radical (unpaired) electrons. The molecule has 0 aromatic rings. The van der Waals surface area contributed by atoms with E-state index in [0.29, 0.717) is 6.42 Å². The maximum Gasteiger partial charge on any atom is 0.303 e. The predicted octanol–water partition coefficient (Wildman–Crippen LogP) is 6.34. The van der Waals surface area contributed by atoms with E-state index in [0.717, 1.165) is 36.8 Å². The van der Waals surface area contributed by atoms with Crippen molar-refractivity contribution in [1.82, 2.24) is 0 Å². The Kier molecular flexibility index (Phi) is 18.0. The molecule has 0 amide bonds. The second kappa shape index (κ2) is 18.7. The Morgan fingerprint density at radius 3 is 1.77 bits per heavy atom. The van der Waals surface area contributed by atoms with Crippen molar-refractivity contribution in [3.8, 4) is 0 Å². The third-order valence-corrected chi connectivity index (χ3v) is 5.81. The van der Waals surface area contributed by atoms with Crippen molar-refractivity contribution in [2.45, 2.75) is 123 Å². The molecule has 1 atom stereocenters. The topological polar surface area (TPSA) is 63.6 Å². The van der Waals surface area contributed by atoms with Crippen molar-refractivity contribution in [2.75, 3.05) is 27.2 Å². The van der Waals surface area contributed by atoms with Crippen LogP contribution < -0.4 is 0 Å². The fourth-order valence-electron chi connectivity index (χ4n) is 4.09. The minimum Gasteiger partial charge on any atom is -0.481 e. The second-order valence-electron chi connectivity index (χ2n) is 9.60. The predicted molar refractivity (Wildman–Crippen MR) is 125 cm³/mol. The standard InChI is InChI=1S/C25H49NO4/c1-5-6-7-8-9-10-11-12-13-14-15-16-19-24(30-23(2)27)22-26(3,4)21-18-17-20-25(28)29/h24H,5-22H2,1-4H3/p+1. The molecule has 1 unspecified atom stereocenters. The highest BCUT2D eigenvalue weighted by Gasteiger charge is 2.24. The molecule has 0 aromatic heterocycles. The number of carboxylic acids is 1. The maximum absolute atomic E-state index is 11.5. The molecule has 30 heavy (non-hydrogen) atoms. The van der Waals surface area contributed by atoms with Gasteiger partial charge in [-0.25, -0.2) is 0 Å².